The van der Waals surface area contributed by atoms with Crippen molar-refractivity contribution in [1.29, 1.82) is 0 Å². The maximum Gasteiger partial charge on any atom is 0.252 e. The smallest absolute Gasteiger partial charge is 0.252 e. The minimum absolute atomic E-state index is 0.0371. The molecule has 1 saturated heterocycles. The maximum atomic E-state index is 13.2. The summed E-state index contributed by atoms with van der Waals surface area (Å²) in [6, 6.07) is 7.72. The van der Waals surface area contributed by atoms with Crippen LogP contribution >= 0.6 is 0 Å². The highest BCUT2D eigenvalue weighted by atomic mass is 16.5. The van der Waals surface area contributed by atoms with Crippen LogP contribution in [0, 0.1) is 0 Å². The molecule has 9 heteroatoms. The number of hydrogen-bond donors (Lipinski definition) is 1. The quantitative estimate of drug-likeness (QED) is 0.392. The van der Waals surface area contributed by atoms with E-state index in [1.165, 1.54) is 0 Å². The second-order valence-corrected chi connectivity index (χ2v) is 10.3. The predicted molar refractivity (Wildman–Crippen MR) is 140 cm³/mol. The van der Waals surface area contributed by atoms with Crippen molar-refractivity contribution >= 4 is 10.9 Å². The molecule has 1 aliphatic rings. The van der Waals surface area contributed by atoms with Crippen LogP contribution in [-0.4, -0.2) is 56.0 Å². The molecule has 1 fully saturated rings. The summed E-state index contributed by atoms with van der Waals surface area (Å²) < 4.78 is 13.7. The van der Waals surface area contributed by atoms with Gasteiger partial charge in [0.2, 0.25) is 0 Å². The van der Waals surface area contributed by atoms with Gasteiger partial charge in [0.1, 0.15) is 5.75 Å². The van der Waals surface area contributed by atoms with E-state index in [0.29, 0.717) is 18.7 Å². The van der Waals surface area contributed by atoms with Gasteiger partial charge in [-0.3, -0.25) is 9.69 Å². The summed E-state index contributed by atoms with van der Waals surface area (Å²) in [5, 5.41) is 13.9. The van der Waals surface area contributed by atoms with Crippen molar-refractivity contribution in [3.05, 3.63) is 46.0 Å². The Morgan fingerprint density at radius 2 is 2.11 bits per heavy atom. The first-order chi connectivity index (χ1) is 17.4. The summed E-state index contributed by atoms with van der Waals surface area (Å²) >= 11 is 0. The van der Waals surface area contributed by atoms with E-state index < -0.39 is 0 Å². The van der Waals surface area contributed by atoms with Gasteiger partial charge in [0.05, 0.1) is 24.3 Å². The third kappa shape index (κ3) is 5.78. The first-order valence-corrected chi connectivity index (χ1v) is 13.3. The van der Waals surface area contributed by atoms with Crippen LogP contribution in [0.1, 0.15) is 84.2 Å². The van der Waals surface area contributed by atoms with E-state index in [-0.39, 0.29) is 23.2 Å². The minimum Gasteiger partial charge on any atom is -0.494 e. The number of nitrogens with one attached hydrogen (secondary N) is 1. The second-order valence-electron chi connectivity index (χ2n) is 10.3. The molecule has 0 spiro atoms. The summed E-state index contributed by atoms with van der Waals surface area (Å²) in [6.07, 6.45) is 4.98. The fourth-order valence-corrected chi connectivity index (χ4v) is 4.91. The highest BCUT2D eigenvalue weighted by Crippen LogP contribution is 2.31. The zero-order chi connectivity index (χ0) is 25.7. The molecule has 0 radical (unpaired) electrons. The first-order valence-electron chi connectivity index (χ1n) is 13.3. The van der Waals surface area contributed by atoms with Crippen molar-refractivity contribution < 1.29 is 9.47 Å². The van der Waals surface area contributed by atoms with Crippen LogP contribution in [0.5, 0.6) is 5.75 Å². The molecule has 3 heterocycles. The first kappa shape index (κ1) is 26.3. The van der Waals surface area contributed by atoms with Crippen LogP contribution < -0.4 is 10.3 Å². The number of pyridine rings is 1. The number of ether oxygens (including phenoxy) is 2. The summed E-state index contributed by atoms with van der Waals surface area (Å²) in [6.45, 7) is 13.2. The van der Waals surface area contributed by atoms with Gasteiger partial charge >= 0.3 is 0 Å². The average molecular weight is 497 g/mol. The van der Waals surface area contributed by atoms with E-state index in [1.54, 1.807) is 0 Å². The fourth-order valence-electron chi connectivity index (χ4n) is 4.91. The Bertz CT molecular complexity index is 1200. The molecular formula is C27H40N6O3. The lowest BCUT2D eigenvalue weighted by molar-refractivity contribution is 0.0462. The van der Waals surface area contributed by atoms with Crippen LogP contribution in [0.15, 0.2) is 29.1 Å². The topological polar surface area (TPSA) is 98.2 Å². The molecule has 3 aromatic rings. The van der Waals surface area contributed by atoms with Crippen LogP contribution in [0.2, 0.25) is 0 Å². The Morgan fingerprint density at radius 1 is 1.28 bits per heavy atom. The fraction of sp³-hybridized carbons (Fsp3) is 0.630. The van der Waals surface area contributed by atoms with Crippen molar-refractivity contribution in [2.45, 2.75) is 91.0 Å². The summed E-state index contributed by atoms with van der Waals surface area (Å²) in [4.78, 5) is 18.6. The van der Waals surface area contributed by atoms with Crippen molar-refractivity contribution in [2.75, 3.05) is 19.8 Å². The van der Waals surface area contributed by atoms with Gasteiger partial charge in [-0.05, 0) is 81.1 Å². The largest absolute Gasteiger partial charge is 0.494 e. The monoisotopic (exact) mass is 496 g/mol. The number of fused-ring (bicyclic) bond motifs is 1. The van der Waals surface area contributed by atoms with Crippen molar-refractivity contribution in [3.63, 3.8) is 0 Å². The lowest BCUT2D eigenvalue weighted by Gasteiger charge is -2.34. The molecule has 1 N–H and O–H groups in total. The average Bonchev–Trinajstić information content (AvgIpc) is 3.56. The molecule has 4 rings (SSSR count). The second kappa shape index (κ2) is 11.5. The standard InChI is InChI=1S/C27H40N6O3/c1-6-10-24(25-29-30-31-33(25)27(4,5)7-2)32(18-22-11-9-14-36-22)17-20-15-19-16-21(35-8-3)12-13-23(19)28-26(20)34/h12-13,15-16,22,24H,6-11,14,17-18H2,1-5H3,(H,28,34)/t22-,24-/m1/s1. The maximum absolute atomic E-state index is 13.2. The van der Waals surface area contributed by atoms with E-state index in [4.69, 9.17) is 9.47 Å². The van der Waals surface area contributed by atoms with Gasteiger partial charge < -0.3 is 14.5 Å². The molecule has 0 bridgehead atoms. The number of hydrogen-bond acceptors (Lipinski definition) is 7. The van der Waals surface area contributed by atoms with Gasteiger partial charge in [0.15, 0.2) is 5.82 Å². The molecule has 1 aromatic carbocycles. The Balaban J connectivity index is 1.73. The summed E-state index contributed by atoms with van der Waals surface area (Å²) in [5.41, 5.74) is 1.23. The Morgan fingerprint density at radius 3 is 2.81 bits per heavy atom. The molecule has 1 aliphatic heterocycles. The highest BCUT2D eigenvalue weighted by molar-refractivity contribution is 5.80. The third-order valence-electron chi connectivity index (χ3n) is 7.27. The molecule has 196 valence electrons. The molecule has 0 aliphatic carbocycles. The predicted octanol–water partition coefficient (Wildman–Crippen LogP) is 4.58. The van der Waals surface area contributed by atoms with E-state index in [2.05, 4.69) is 53.1 Å². The number of rotatable bonds is 12. The van der Waals surface area contributed by atoms with Gasteiger partial charge in [-0.15, -0.1) is 5.10 Å². The highest BCUT2D eigenvalue weighted by Gasteiger charge is 2.33. The van der Waals surface area contributed by atoms with Gasteiger partial charge in [0, 0.05) is 36.2 Å². The van der Waals surface area contributed by atoms with Gasteiger partial charge in [0.25, 0.3) is 5.56 Å². The lowest BCUT2D eigenvalue weighted by Crippen LogP contribution is -2.39. The third-order valence-corrected chi connectivity index (χ3v) is 7.27. The molecule has 0 amide bonds. The lowest BCUT2D eigenvalue weighted by atomic mass is 10.0. The van der Waals surface area contributed by atoms with Crippen LogP contribution in [0.25, 0.3) is 10.9 Å². The Kier molecular flexibility index (Phi) is 8.41. The molecule has 36 heavy (non-hydrogen) atoms. The zero-order valence-electron chi connectivity index (χ0n) is 22.3. The van der Waals surface area contributed by atoms with E-state index in [9.17, 15) is 4.79 Å². The van der Waals surface area contributed by atoms with Crippen molar-refractivity contribution in [3.8, 4) is 5.75 Å². The van der Waals surface area contributed by atoms with Crippen LogP contribution in [0.3, 0.4) is 0 Å². The Hall–Kier alpha value is -2.78. The number of aromatic amines is 1. The number of nitrogens with zero attached hydrogens (tertiary/aromatic N) is 5. The molecule has 9 nitrogen and oxygen atoms in total. The van der Waals surface area contributed by atoms with E-state index in [1.807, 2.05) is 35.9 Å². The number of tetrazole rings is 1. The normalized spacial score (nSPS) is 17.2. The number of H-pyrrole nitrogens is 1. The summed E-state index contributed by atoms with van der Waals surface area (Å²) in [7, 11) is 0. The number of benzene rings is 1. The van der Waals surface area contributed by atoms with E-state index in [0.717, 1.165) is 67.7 Å². The van der Waals surface area contributed by atoms with Gasteiger partial charge in [-0.1, -0.05) is 20.3 Å². The van der Waals surface area contributed by atoms with Gasteiger partial charge in [-0.25, -0.2) is 4.68 Å². The minimum atomic E-state index is -0.212. The molecular weight excluding hydrogens is 456 g/mol. The molecule has 2 atom stereocenters. The SMILES string of the molecule is CCC[C@H](c1nnnn1C(C)(C)CC)N(Cc1cc2cc(OCC)ccc2[nH]c1=O)C[C@H]1CCCO1. The van der Waals surface area contributed by atoms with Crippen molar-refractivity contribution in [2.24, 2.45) is 0 Å². The Labute approximate surface area is 213 Å². The molecule has 2 aromatic heterocycles. The van der Waals surface area contributed by atoms with Crippen LogP contribution in [-0.2, 0) is 16.8 Å². The van der Waals surface area contributed by atoms with Crippen LogP contribution in [0.4, 0.5) is 0 Å². The summed E-state index contributed by atoms with van der Waals surface area (Å²) in [5.74, 6) is 1.64. The van der Waals surface area contributed by atoms with Crippen molar-refractivity contribution in [1.82, 2.24) is 30.1 Å². The molecule has 0 unspecified atom stereocenters. The van der Waals surface area contributed by atoms with Gasteiger partial charge in [-0.2, -0.15) is 0 Å². The zero-order valence-corrected chi connectivity index (χ0v) is 22.3. The van der Waals surface area contributed by atoms with E-state index >= 15 is 0 Å². The molecule has 0 saturated carbocycles. The number of aromatic nitrogens is 5.